The Morgan fingerprint density at radius 2 is 1.81 bits per heavy atom. The summed E-state index contributed by atoms with van der Waals surface area (Å²) >= 11 is 0. The lowest BCUT2D eigenvalue weighted by Gasteiger charge is -2.20. The van der Waals surface area contributed by atoms with Crippen LogP contribution in [0.5, 0.6) is 11.5 Å². The molecule has 3 aromatic rings. The number of ether oxygens (including phenoxy) is 2. The number of rotatable bonds is 6. The van der Waals surface area contributed by atoms with Crippen LogP contribution in [0, 0.1) is 5.82 Å². The molecule has 0 aliphatic carbocycles. The van der Waals surface area contributed by atoms with Gasteiger partial charge in [0, 0.05) is 36.6 Å². The van der Waals surface area contributed by atoms with Crippen molar-refractivity contribution in [2.45, 2.75) is 25.5 Å². The van der Waals surface area contributed by atoms with Gasteiger partial charge >= 0.3 is 18.3 Å². The Hall–Kier alpha value is -3.96. The SMILES string of the molecule is O=C(O)c1ccn(CC2=Cc3c(F)cc(OCc4ccc(C(F)(F)F)cc4C(F)(F)F)cc3OC2)c1. The van der Waals surface area contributed by atoms with Gasteiger partial charge in [-0.3, -0.25) is 0 Å². The fourth-order valence-electron chi connectivity index (χ4n) is 3.62. The number of aromatic carboxylic acids is 1. The van der Waals surface area contributed by atoms with Crippen molar-refractivity contribution in [3.05, 3.63) is 88.0 Å². The summed E-state index contributed by atoms with van der Waals surface area (Å²) in [6.07, 6.45) is -5.55. The fraction of sp³-hybridized carbons (Fsp3) is 0.208. The van der Waals surface area contributed by atoms with Crippen LogP contribution >= 0.6 is 0 Å². The second-order valence-electron chi connectivity index (χ2n) is 7.94. The lowest BCUT2D eigenvalue weighted by molar-refractivity contribution is -0.143. The standard InChI is InChI=1S/C24H16F7NO4/c25-20-7-17(35-12-15-1-2-16(23(26,27)28)6-19(15)24(29,30)31)8-21-18(20)5-13(11-36-21)9-32-4-3-14(10-32)22(33)34/h1-8,10H,9,11-12H2,(H,33,34). The van der Waals surface area contributed by atoms with E-state index in [0.29, 0.717) is 17.7 Å². The minimum absolute atomic E-state index is 0.00569. The average Bonchev–Trinajstić information content (AvgIpc) is 3.25. The second-order valence-corrected chi connectivity index (χ2v) is 7.94. The first-order valence-electron chi connectivity index (χ1n) is 10.3. The molecule has 0 saturated carbocycles. The number of fused-ring (bicyclic) bond motifs is 1. The van der Waals surface area contributed by atoms with E-state index in [4.69, 9.17) is 14.6 Å². The van der Waals surface area contributed by atoms with E-state index in [1.165, 1.54) is 24.4 Å². The minimum Gasteiger partial charge on any atom is -0.489 e. The average molecular weight is 515 g/mol. The largest absolute Gasteiger partial charge is 0.489 e. The molecule has 12 heteroatoms. The van der Waals surface area contributed by atoms with E-state index in [1.54, 1.807) is 10.8 Å². The first-order valence-corrected chi connectivity index (χ1v) is 10.3. The quantitative estimate of drug-likeness (QED) is 0.385. The summed E-state index contributed by atoms with van der Waals surface area (Å²) in [4.78, 5) is 11.0. The molecule has 0 fully saturated rings. The number of hydrogen-bond donors (Lipinski definition) is 1. The van der Waals surface area contributed by atoms with E-state index in [2.05, 4.69) is 0 Å². The predicted molar refractivity (Wildman–Crippen MR) is 112 cm³/mol. The molecule has 190 valence electrons. The zero-order chi connectivity index (χ0) is 26.3. The van der Waals surface area contributed by atoms with Crippen molar-refractivity contribution in [1.82, 2.24) is 4.57 Å². The molecule has 0 bridgehead atoms. The Labute approximate surface area is 199 Å². The number of carboxylic acids is 1. The van der Waals surface area contributed by atoms with Crippen LogP contribution in [0.4, 0.5) is 30.7 Å². The van der Waals surface area contributed by atoms with E-state index in [-0.39, 0.29) is 41.8 Å². The highest BCUT2D eigenvalue weighted by Crippen LogP contribution is 2.38. The number of carboxylic acid groups (broad SMARTS) is 1. The molecule has 1 aliphatic heterocycles. The van der Waals surface area contributed by atoms with E-state index in [9.17, 15) is 35.5 Å². The van der Waals surface area contributed by atoms with Crippen LogP contribution in [0.3, 0.4) is 0 Å². The van der Waals surface area contributed by atoms with Crippen LogP contribution in [0.2, 0.25) is 0 Å². The van der Waals surface area contributed by atoms with Crippen molar-refractivity contribution in [1.29, 1.82) is 0 Å². The van der Waals surface area contributed by atoms with Crippen LogP contribution in [0.25, 0.3) is 6.08 Å². The van der Waals surface area contributed by atoms with Gasteiger partial charge in [0.15, 0.2) is 0 Å². The molecule has 2 aromatic carbocycles. The Bertz CT molecular complexity index is 1340. The third-order valence-electron chi connectivity index (χ3n) is 5.35. The minimum atomic E-state index is -5.06. The van der Waals surface area contributed by atoms with E-state index in [1.807, 2.05) is 0 Å². The number of halogens is 7. The van der Waals surface area contributed by atoms with Crippen molar-refractivity contribution in [3.63, 3.8) is 0 Å². The van der Waals surface area contributed by atoms with Crippen molar-refractivity contribution >= 4 is 12.0 Å². The molecule has 2 heterocycles. The molecule has 4 rings (SSSR count). The van der Waals surface area contributed by atoms with Gasteiger partial charge in [-0.25, -0.2) is 9.18 Å². The summed E-state index contributed by atoms with van der Waals surface area (Å²) in [5, 5.41) is 9.00. The lowest BCUT2D eigenvalue weighted by atomic mass is 10.0. The molecular weight excluding hydrogens is 499 g/mol. The number of hydrogen-bond acceptors (Lipinski definition) is 3. The van der Waals surface area contributed by atoms with Crippen molar-refractivity contribution < 1.29 is 50.1 Å². The van der Waals surface area contributed by atoms with E-state index in [0.717, 1.165) is 6.07 Å². The topological polar surface area (TPSA) is 60.7 Å². The molecule has 1 aliphatic rings. The number of aromatic nitrogens is 1. The third kappa shape index (κ3) is 5.47. The van der Waals surface area contributed by atoms with Gasteiger partial charge in [0.1, 0.15) is 30.5 Å². The third-order valence-corrected chi connectivity index (χ3v) is 5.35. The molecule has 36 heavy (non-hydrogen) atoms. The van der Waals surface area contributed by atoms with Crippen molar-refractivity contribution in [2.75, 3.05) is 6.61 Å². The summed E-state index contributed by atoms with van der Waals surface area (Å²) in [5.74, 6) is -1.99. The van der Waals surface area contributed by atoms with Crippen molar-refractivity contribution in [2.24, 2.45) is 0 Å². The molecule has 1 N–H and O–H groups in total. The van der Waals surface area contributed by atoms with Gasteiger partial charge in [-0.05, 0) is 29.8 Å². The first-order chi connectivity index (χ1) is 16.8. The van der Waals surface area contributed by atoms with Crippen LogP contribution in [0.1, 0.15) is 32.6 Å². The molecule has 0 saturated heterocycles. The van der Waals surface area contributed by atoms with Gasteiger partial charge in [-0.2, -0.15) is 26.3 Å². The molecule has 5 nitrogen and oxygen atoms in total. The Kier molecular flexibility index (Phi) is 6.46. The highest BCUT2D eigenvalue weighted by molar-refractivity contribution is 5.87. The molecule has 1 aromatic heterocycles. The Balaban J connectivity index is 1.52. The summed E-state index contributed by atoms with van der Waals surface area (Å²) in [7, 11) is 0. The van der Waals surface area contributed by atoms with E-state index < -0.39 is 47.4 Å². The predicted octanol–water partition coefficient (Wildman–Crippen LogP) is 6.42. The first kappa shape index (κ1) is 25.1. The monoisotopic (exact) mass is 515 g/mol. The summed E-state index contributed by atoms with van der Waals surface area (Å²) in [6.45, 7) is -0.488. The Morgan fingerprint density at radius 1 is 1.06 bits per heavy atom. The van der Waals surface area contributed by atoms with Crippen LogP contribution < -0.4 is 9.47 Å². The Morgan fingerprint density at radius 3 is 2.44 bits per heavy atom. The van der Waals surface area contributed by atoms with Gasteiger partial charge < -0.3 is 19.1 Å². The maximum Gasteiger partial charge on any atom is 0.416 e. The van der Waals surface area contributed by atoms with Gasteiger partial charge in [-0.15, -0.1) is 0 Å². The molecule has 0 spiro atoms. The zero-order valence-corrected chi connectivity index (χ0v) is 18.1. The summed E-state index contributed by atoms with van der Waals surface area (Å²) in [5.41, 5.74) is -2.72. The summed E-state index contributed by atoms with van der Waals surface area (Å²) in [6, 6.07) is 4.79. The normalized spacial score (nSPS) is 13.6. The maximum absolute atomic E-state index is 14.7. The van der Waals surface area contributed by atoms with Crippen LogP contribution in [-0.2, 0) is 25.5 Å². The zero-order valence-electron chi connectivity index (χ0n) is 18.1. The highest BCUT2D eigenvalue weighted by atomic mass is 19.4. The van der Waals surface area contributed by atoms with Crippen LogP contribution in [-0.4, -0.2) is 22.2 Å². The highest BCUT2D eigenvalue weighted by Gasteiger charge is 2.38. The number of carbonyl (C=O) groups is 1. The molecule has 0 amide bonds. The maximum atomic E-state index is 14.7. The van der Waals surface area contributed by atoms with E-state index >= 15 is 0 Å². The number of nitrogens with zero attached hydrogens (tertiary/aromatic N) is 1. The van der Waals surface area contributed by atoms with Gasteiger partial charge in [0.25, 0.3) is 0 Å². The molecule has 0 unspecified atom stereocenters. The molecule has 0 radical (unpaired) electrons. The molecular formula is C24H16F7NO4. The molecule has 0 atom stereocenters. The van der Waals surface area contributed by atoms with Crippen molar-refractivity contribution in [3.8, 4) is 11.5 Å². The number of benzene rings is 2. The van der Waals surface area contributed by atoms with Gasteiger partial charge in [0.05, 0.1) is 22.3 Å². The summed E-state index contributed by atoms with van der Waals surface area (Å²) < 4.78 is 106. The fourth-order valence-corrected chi connectivity index (χ4v) is 3.62. The van der Waals surface area contributed by atoms with Crippen LogP contribution in [0.15, 0.2) is 54.4 Å². The van der Waals surface area contributed by atoms with Gasteiger partial charge in [0.2, 0.25) is 0 Å². The number of alkyl halides is 6. The van der Waals surface area contributed by atoms with Gasteiger partial charge in [-0.1, -0.05) is 6.07 Å². The smallest absolute Gasteiger partial charge is 0.416 e. The second kappa shape index (κ2) is 9.25. The lowest BCUT2D eigenvalue weighted by Crippen LogP contribution is -2.15.